The normalized spacial score (nSPS) is 16.6. The van der Waals surface area contributed by atoms with Gasteiger partial charge in [0.1, 0.15) is 5.00 Å². The molecule has 1 aromatic rings. The van der Waals surface area contributed by atoms with Gasteiger partial charge >= 0.3 is 12.0 Å². The van der Waals surface area contributed by atoms with Crippen molar-refractivity contribution in [3.63, 3.8) is 0 Å². The highest BCUT2D eigenvalue weighted by Crippen LogP contribution is 2.23. The van der Waals surface area contributed by atoms with E-state index in [1.807, 2.05) is 0 Å². The van der Waals surface area contributed by atoms with Crippen molar-refractivity contribution < 1.29 is 14.7 Å². The average molecular weight is 311 g/mol. The summed E-state index contributed by atoms with van der Waals surface area (Å²) in [4.78, 5) is 25.3. The molecular formula is C14H21N3O3S. The van der Waals surface area contributed by atoms with Crippen LogP contribution in [0.4, 0.5) is 9.80 Å². The predicted molar refractivity (Wildman–Crippen MR) is 83.2 cm³/mol. The Morgan fingerprint density at radius 3 is 2.76 bits per heavy atom. The van der Waals surface area contributed by atoms with Gasteiger partial charge in [0.2, 0.25) is 0 Å². The van der Waals surface area contributed by atoms with Gasteiger partial charge in [0, 0.05) is 19.1 Å². The van der Waals surface area contributed by atoms with Crippen LogP contribution < -0.4 is 10.6 Å². The zero-order valence-corrected chi connectivity index (χ0v) is 12.9. The monoisotopic (exact) mass is 311 g/mol. The first-order valence-corrected chi connectivity index (χ1v) is 8.08. The van der Waals surface area contributed by atoms with Crippen LogP contribution in [-0.2, 0) is 0 Å². The van der Waals surface area contributed by atoms with Crippen LogP contribution in [0.5, 0.6) is 0 Å². The molecule has 0 unspecified atom stereocenters. The number of thiophene rings is 1. The van der Waals surface area contributed by atoms with Crippen LogP contribution in [0.1, 0.15) is 36.5 Å². The van der Waals surface area contributed by atoms with Gasteiger partial charge in [0.05, 0.1) is 5.56 Å². The highest BCUT2D eigenvalue weighted by atomic mass is 32.1. The van der Waals surface area contributed by atoms with Crippen molar-refractivity contribution in [2.45, 2.75) is 32.2 Å². The summed E-state index contributed by atoms with van der Waals surface area (Å²) in [6.45, 7) is 5.27. The topological polar surface area (TPSA) is 81.7 Å². The molecule has 6 nitrogen and oxygen atoms in total. The summed E-state index contributed by atoms with van der Waals surface area (Å²) >= 11 is 1.21. The minimum atomic E-state index is -1.03. The lowest BCUT2D eigenvalue weighted by Crippen LogP contribution is -2.46. The Labute approximate surface area is 128 Å². The van der Waals surface area contributed by atoms with Crippen molar-refractivity contribution in [1.29, 1.82) is 0 Å². The fourth-order valence-corrected chi connectivity index (χ4v) is 3.29. The molecule has 1 aromatic heterocycles. The molecule has 2 amide bonds. The fraction of sp³-hybridized carbons (Fsp3) is 0.571. The molecule has 0 saturated carbocycles. The van der Waals surface area contributed by atoms with Gasteiger partial charge < -0.3 is 15.3 Å². The van der Waals surface area contributed by atoms with Crippen LogP contribution in [0.2, 0.25) is 0 Å². The number of urea groups is 1. The summed E-state index contributed by atoms with van der Waals surface area (Å²) < 4.78 is 0. The van der Waals surface area contributed by atoms with Gasteiger partial charge in [-0.05, 0) is 37.3 Å². The number of rotatable bonds is 5. The van der Waals surface area contributed by atoms with Crippen LogP contribution >= 0.6 is 11.3 Å². The lowest BCUT2D eigenvalue weighted by molar-refractivity contribution is 0.0698. The zero-order chi connectivity index (χ0) is 15.2. The third-order valence-electron chi connectivity index (χ3n) is 3.59. The molecule has 0 bridgehead atoms. The maximum Gasteiger partial charge on any atom is 0.338 e. The number of piperidine rings is 1. The number of carboxylic acids is 1. The molecule has 1 saturated heterocycles. The highest BCUT2D eigenvalue weighted by Gasteiger charge is 2.21. The summed E-state index contributed by atoms with van der Waals surface area (Å²) in [7, 11) is 0. The number of hydrogen-bond donors (Lipinski definition) is 3. The van der Waals surface area contributed by atoms with E-state index in [2.05, 4.69) is 22.5 Å². The molecule has 116 valence electrons. The second kappa shape index (κ2) is 7.42. The van der Waals surface area contributed by atoms with Gasteiger partial charge in [0.25, 0.3) is 0 Å². The summed E-state index contributed by atoms with van der Waals surface area (Å²) in [6, 6.07) is 1.33. The first-order valence-electron chi connectivity index (χ1n) is 7.20. The van der Waals surface area contributed by atoms with E-state index in [0.29, 0.717) is 5.00 Å². The minimum Gasteiger partial charge on any atom is -0.478 e. The smallest absolute Gasteiger partial charge is 0.338 e. The van der Waals surface area contributed by atoms with E-state index >= 15 is 0 Å². The predicted octanol–water partition coefficient (Wildman–Crippen LogP) is 2.44. The molecule has 2 heterocycles. The SMILES string of the molecule is CCCN1CCC(NC(=O)Nc2sccc2C(=O)O)CC1. The van der Waals surface area contributed by atoms with Gasteiger partial charge in [-0.3, -0.25) is 5.32 Å². The number of likely N-dealkylation sites (tertiary alicyclic amines) is 1. The van der Waals surface area contributed by atoms with Gasteiger partial charge in [-0.25, -0.2) is 9.59 Å². The number of hydrogen-bond acceptors (Lipinski definition) is 4. The molecule has 0 atom stereocenters. The van der Waals surface area contributed by atoms with Crippen LogP contribution in [0.15, 0.2) is 11.4 Å². The number of carboxylic acid groups (broad SMARTS) is 1. The van der Waals surface area contributed by atoms with E-state index in [-0.39, 0.29) is 17.6 Å². The van der Waals surface area contributed by atoms with Gasteiger partial charge in [-0.15, -0.1) is 11.3 Å². The molecule has 1 aliphatic rings. The van der Waals surface area contributed by atoms with E-state index in [9.17, 15) is 9.59 Å². The van der Waals surface area contributed by atoms with Crippen molar-refractivity contribution in [2.24, 2.45) is 0 Å². The quantitative estimate of drug-likeness (QED) is 0.780. The molecule has 1 fully saturated rings. The molecular weight excluding hydrogens is 290 g/mol. The fourth-order valence-electron chi connectivity index (χ4n) is 2.52. The Morgan fingerprint density at radius 2 is 2.14 bits per heavy atom. The Morgan fingerprint density at radius 1 is 1.43 bits per heavy atom. The Bertz CT molecular complexity index is 495. The van der Waals surface area contributed by atoms with E-state index in [4.69, 9.17) is 5.11 Å². The largest absolute Gasteiger partial charge is 0.478 e. The molecule has 1 aliphatic heterocycles. The van der Waals surface area contributed by atoms with Crippen molar-refractivity contribution in [3.8, 4) is 0 Å². The first-order chi connectivity index (χ1) is 10.1. The summed E-state index contributed by atoms with van der Waals surface area (Å²) in [6.07, 6.45) is 3.02. The van der Waals surface area contributed by atoms with Crippen LogP contribution in [0.3, 0.4) is 0 Å². The third-order valence-corrected chi connectivity index (χ3v) is 4.42. The van der Waals surface area contributed by atoms with E-state index in [1.165, 1.54) is 17.4 Å². The Kier molecular flexibility index (Phi) is 5.58. The highest BCUT2D eigenvalue weighted by molar-refractivity contribution is 7.14. The maximum absolute atomic E-state index is 11.9. The number of aromatic carboxylic acids is 1. The van der Waals surface area contributed by atoms with Crippen LogP contribution in [0.25, 0.3) is 0 Å². The minimum absolute atomic E-state index is 0.132. The molecule has 0 aliphatic carbocycles. The number of carbonyl (C=O) groups excluding carboxylic acids is 1. The molecule has 7 heteroatoms. The second-order valence-corrected chi connectivity index (χ2v) is 6.10. The molecule has 3 N–H and O–H groups in total. The summed E-state index contributed by atoms with van der Waals surface area (Å²) in [5, 5.41) is 16.6. The summed E-state index contributed by atoms with van der Waals surface area (Å²) in [5.41, 5.74) is 0.132. The van der Waals surface area contributed by atoms with Gasteiger partial charge in [0.15, 0.2) is 0 Å². The van der Waals surface area contributed by atoms with Crippen molar-refractivity contribution in [1.82, 2.24) is 10.2 Å². The first kappa shape index (κ1) is 15.8. The Hall–Kier alpha value is -1.60. The maximum atomic E-state index is 11.9. The van der Waals surface area contributed by atoms with Crippen LogP contribution in [-0.4, -0.2) is 47.7 Å². The van der Waals surface area contributed by atoms with Gasteiger partial charge in [-0.2, -0.15) is 0 Å². The number of nitrogens with one attached hydrogen (secondary N) is 2. The van der Waals surface area contributed by atoms with Crippen molar-refractivity contribution in [3.05, 3.63) is 17.0 Å². The number of anilines is 1. The second-order valence-electron chi connectivity index (χ2n) is 5.18. The van der Waals surface area contributed by atoms with Gasteiger partial charge in [-0.1, -0.05) is 6.92 Å². The number of amides is 2. The lowest BCUT2D eigenvalue weighted by Gasteiger charge is -2.32. The lowest BCUT2D eigenvalue weighted by atomic mass is 10.1. The molecule has 21 heavy (non-hydrogen) atoms. The molecule has 0 spiro atoms. The van der Waals surface area contributed by atoms with E-state index < -0.39 is 5.97 Å². The van der Waals surface area contributed by atoms with Crippen molar-refractivity contribution >= 4 is 28.3 Å². The van der Waals surface area contributed by atoms with E-state index in [0.717, 1.165) is 38.9 Å². The standard InChI is InChI=1S/C14H21N3O3S/c1-2-6-17-7-3-10(4-8-17)15-14(20)16-12-11(13(18)19)5-9-21-12/h5,9-10H,2-4,6-8H2,1H3,(H,18,19)(H2,15,16,20). The third kappa shape index (κ3) is 4.44. The van der Waals surface area contributed by atoms with Crippen LogP contribution in [0, 0.1) is 0 Å². The Balaban J connectivity index is 1.80. The molecule has 0 radical (unpaired) electrons. The van der Waals surface area contributed by atoms with Crippen molar-refractivity contribution in [2.75, 3.05) is 25.0 Å². The number of nitrogens with zero attached hydrogens (tertiary/aromatic N) is 1. The average Bonchev–Trinajstić information content (AvgIpc) is 2.89. The van der Waals surface area contributed by atoms with E-state index in [1.54, 1.807) is 5.38 Å². The molecule has 0 aromatic carbocycles. The summed E-state index contributed by atoms with van der Waals surface area (Å²) in [5.74, 6) is -1.03. The number of carbonyl (C=O) groups is 2. The zero-order valence-electron chi connectivity index (χ0n) is 12.1. The molecule has 2 rings (SSSR count).